The molecule has 5 rings (SSSR count). The lowest BCUT2D eigenvalue weighted by molar-refractivity contribution is -0.123. The van der Waals surface area contributed by atoms with Gasteiger partial charge in [0, 0.05) is 18.7 Å². The number of amides is 2. The first-order valence-electron chi connectivity index (χ1n) is 12.6. The summed E-state index contributed by atoms with van der Waals surface area (Å²) in [5, 5.41) is 2.92. The van der Waals surface area contributed by atoms with Crippen LogP contribution in [-0.4, -0.2) is 29.9 Å². The third-order valence-corrected chi connectivity index (χ3v) is 6.68. The molecule has 0 aliphatic carbocycles. The standard InChI is InChI=1S/C32H30N2O3/c1-23-9-8-10-24(19-23)21-33-30(35)22-37-28-16-15-25-17-18-34(32(36)27-13-6-3-7-14-27)31(29(25)20-28)26-11-4-2-5-12-26/h2-16,19-20,31H,17-18,21-22H2,1H3,(H,33,35). The van der Waals surface area contributed by atoms with Crippen LogP contribution in [0.1, 0.15) is 44.2 Å². The number of benzene rings is 4. The number of ether oxygens (including phenoxy) is 1. The first-order valence-corrected chi connectivity index (χ1v) is 12.6. The molecular formula is C32H30N2O3. The zero-order chi connectivity index (χ0) is 25.6. The lowest BCUT2D eigenvalue weighted by Gasteiger charge is -2.38. The van der Waals surface area contributed by atoms with Crippen molar-refractivity contribution in [3.63, 3.8) is 0 Å². The van der Waals surface area contributed by atoms with Crippen LogP contribution >= 0.6 is 0 Å². The van der Waals surface area contributed by atoms with Crippen LogP contribution in [0.3, 0.4) is 0 Å². The molecule has 4 aromatic carbocycles. The van der Waals surface area contributed by atoms with Gasteiger partial charge in [-0.2, -0.15) is 0 Å². The molecule has 186 valence electrons. The van der Waals surface area contributed by atoms with Crippen molar-refractivity contribution in [2.45, 2.75) is 25.9 Å². The van der Waals surface area contributed by atoms with E-state index in [-0.39, 0.29) is 24.5 Å². The largest absolute Gasteiger partial charge is 0.484 e. The third-order valence-electron chi connectivity index (χ3n) is 6.68. The van der Waals surface area contributed by atoms with Gasteiger partial charge in [0.2, 0.25) is 0 Å². The molecule has 0 saturated heterocycles. The summed E-state index contributed by atoms with van der Waals surface area (Å²) in [6.45, 7) is 3.04. The van der Waals surface area contributed by atoms with Crippen molar-refractivity contribution in [1.82, 2.24) is 10.2 Å². The molecule has 1 aliphatic rings. The Balaban J connectivity index is 1.35. The molecule has 1 heterocycles. The van der Waals surface area contributed by atoms with Gasteiger partial charge in [0.15, 0.2) is 6.61 Å². The minimum Gasteiger partial charge on any atom is -0.484 e. The monoisotopic (exact) mass is 490 g/mol. The van der Waals surface area contributed by atoms with Crippen LogP contribution in [0.5, 0.6) is 5.75 Å². The molecule has 0 radical (unpaired) electrons. The molecule has 4 aromatic rings. The molecule has 0 saturated carbocycles. The van der Waals surface area contributed by atoms with Gasteiger partial charge in [-0.1, -0.05) is 84.4 Å². The highest BCUT2D eigenvalue weighted by molar-refractivity contribution is 5.95. The van der Waals surface area contributed by atoms with E-state index in [2.05, 4.69) is 29.6 Å². The van der Waals surface area contributed by atoms with E-state index in [4.69, 9.17) is 4.74 Å². The van der Waals surface area contributed by atoms with Gasteiger partial charge >= 0.3 is 0 Å². The average Bonchev–Trinajstić information content (AvgIpc) is 2.95. The molecule has 2 amide bonds. The molecule has 0 aromatic heterocycles. The van der Waals surface area contributed by atoms with Gasteiger partial charge in [-0.3, -0.25) is 9.59 Å². The first kappa shape index (κ1) is 24.3. The quantitative estimate of drug-likeness (QED) is 0.373. The summed E-state index contributed by atoms with van der Waals surface area (Å²) in [5.41, 5.74) is 6.13. The lowest BCUT2D eigenvalue weighted by atomic mass is 9.87. The number of rotatable bonds is 7. The van der Waals surface area contributed by atoms with Gasteiger partial charge in [-0.25, -0.2) is 0 Å². The van der Waals surface area contributed by atoms with Gasteiger partial charge in [-0.05, 0) is 59.9 Å². The number of hydrogen-bond donors (Lipinski definition) is 1. The third kappa shape index (κ3) is 5.72. The van der Waals surface area contributed by atoms with Crippen molar-refractivity contribution < 1.29 is 14.3 Å². The van der Waals surface area contributed by atoms with E-state index < -0.39 is 0 Å². The predicted molar refractivity (Wildman–Crippen MR) is 144 cm³/mol. The van der Waals surface area contributed by atoms with Gasteiger partial charge in [0.05, 0.1) is 6.04 Å². The second kappa shape index (κ2) is 11.1. The Labute approximate surface area is 217 Å². The van der Waals surface area contributed by atoms with Crippen molar-refractivity contribution >= 4 is 11.8 Å². The Kier molecular flexibility index (Phi) is 7.31. The van der Waals surface area contributed by atoms with E-state index in [1.165, 1.54) is 5.56 Å². The lowest BCUT2D eigenvalue weighted by Crippen LogP contribution is -2.40. The topological polar surface area (TPSA) is 58.6 Å². The van der Waals surface area contributed by atoms with Crippen LogP contribution in [0, 0.1) is 6.92 Å². The van der Waals surface area contributed by atoms with Crippen molar-refractivity contribution in [1.29, 1.82) is 0 Å². The second-order valence-electron chi connectivity index (χ2n) is 9.34. The number of carbonyl (C=O) groups excluding carboxylic acids is 2. The summed E-state index contributed by atoms with van der Waals surface area (Å²) in [4.78, 5) is 27.9. The fourth-order valence-corrected chi connectivity index (χ4v) is 4.87. The number of fused-ring (bicyclic) bond motifs is 1. The van der Waals surface area contributed by atoms with Gasteiger partial charge in [0.1, 0.15) is 5.75 Å². The van der Waals surface area contributed by atoms with Crippen LogP contribution in [0.25, 0.3) is 0 Å². The Morgan fingerprint density at radius 3 is 2.41 bits per heavy atom. The van der Waals surface area contributed by atoms with Crippen LogP contribution in [-0.2, 0) is 17.8 Å². The minimum absolute atomic E-state index is 0.00181. The van der Waals surface area contributed by atoms with Crippen molar-refractivity contribution in [3.8, 4) is 5.75 Å². The van der Waals surface area contributed by atoms with Crippen molar-refractivity contribution in [2.24, 2.45) is 0 Å². The summed E-state index contributed by atoms with van der Waals surface area (Å²) < 4.78 is 5.90. The van der Waals surface area contributed by atoms with Crippen LogP contribution < -0.4 is 10.1 Å². The van der Waals surface area contributed by atoms with Crippen LogP contribution in [0.15, 0.2) is 103 Å². The second-order valence-corrected chi connectivity index (χ2v) is 9.34. The van der Waals surface area contributed by atoms with E-state index in [1.807, 2.05) is 90.7 Å². The smallest absolute Gasteiger partial charge is 0.258 e. The normalized spacial score (nSPS) is 14.5. The molecule has 1 unspecified atom stereocenters. The summed E-state index contributed by atoms with van der Waals surface area (Å²) in [7, 11) is 0. The highest BCUT2D eigenvalue weighted by Gasteiger charge is 2.32. The Morgan fingerprint density at radius 2 is 1.65 bits per heavy atom. The van der Waals surface area contributed by atoms with Gasteiger partial charge < -0.3 is 15.0 Å². The van der Waals surface area contributed by atoms with E-state index in [0.29, 0.717) is 24.4 Å². The minimum atomic E-state index is -0.239. The molecule has 0 spiro atoms. The summed E-state index contributed by atoms with van der Waals surface area (Å²) >= 11 is 0. The van der Waals surface area contributed by atoms with Crippen molar-refractivity contribution in [3.05, 3.63) is 137 Å². The van der Waals surface area contributed by atoms with Gasteiger partial charge in [-0.15, -0.1) is 0 Å². The van der Waals surface area contributed by atoms with E-state index in [0.717, 1.165) is 28.7 Å². The predicted octanol–water partition coefficient (Wildman–Crippen LogP) is 5.48. The molecule has 0 bridgehead atoms. The van der Waals surface area contributed by atoms with E-state index in [9.17, 15) is 9.59 Å². The maximum Gasteiger partial charge on any atom is 0.258 e. The molecule has 37 heavy (non-hydrogen) atoms. The highest BCUT2D eigenvalue weighted by atomic mass is 16.5. The molecule has 1 aliphatic heterocycles. The highest BCUT2D eigenvalue weighted by Crippen LogP contribution is 2.38. The number of hydrogen-bond acceptors (Lipinski definition) is 3. The maximum absolute atomic E-state index is 13.5. The number of nitrogens with zero attached hydrogens (tertiary/aromatic N) is 1. The molecule has 0 fully saturated rings. The SMILES string of the molecule is Cc1cccc(CNC(=O)COc2ccc3c(c2)C(c2ccccc2)N(C(=O)c2ccccc2)CC3)c1. The van der Waals surface area contributed by atoms with Gasteiger partial charge in [0.25, 0.3) is 11.8 Å². The number of aryl methyl sites for hydroxylation is 1. The molecule has 5 nitrogen and oxygen atoms in total. The molecule has 5 heteroatoms. The summed E-state index contributed by atoms with van der Waals surface area (Å²) in [6.07, 6.45) is 0.758. The van der Waals surface area contributed by atoms with Crippen molar-refractivity contribution in [2.75, 3.05) is 13.2 Å². The zero-order valence-electron chi connectivity index (χ0n) is 20.9. The van der Waals surface area contributed by atoms with Crippen LogP contribution in [0.2, 0.25) is 0 Å². The zero-order valence-corrected chi connectivity index (χ0v) is 20.9. The van der Waals surface area contributed by atoms with Crippen LogP contribution in [0.4, 0.5) is 0 Å². The fraction of sp³-hybridized carbons (Fsp3) is 0.188. The Bertz CT molecular complexity index is 1390. The maximum atomic E-state index is 13.5. The molecule has 1 atom stereocenters. The molecule has 1 N–H and O–H groups in total. The van der Waals surface area contributed by atoms with E-state index in [1.54, 1.807) is 0 Å². The molecular weight excluding hydrogens is 460 g/mol. The Hall–Kier alpha value is -4.38. The number of nitrogens with one attached hydrogen (secondary N) is 1. The van der Waals surface area contributed by atoms with E-state index >= 15 is 0 Å². The Morgan fingerprint density at radius 1 is 0.892 bits per heavy atom. The fourth-order valence-electron chi connectivity index (χ4n) is 4.87. The number of carbonyl (C=O) groups is 2. The summed E-state index contributed by atoms with van der Waals surface area (Å²) in [5.74, 6) is 0.432. The first-order chi connectivity index (χ1) is 18.1. The summed E-state index contributed by atoms with van der Waals surface area (Å²) in [6, 6.07) is 33.2. The average molecular weight is 491 g/mol.